The Bertz CT molecular complexity index is 814. The third-order valence-electron chi connectivity index (χ3n) is 3.41. The van der Waals surface area contributed by atoms with Gasteiger partial charge in [0.15, 0.2) is 0 Å². The molecule has 0 atom stereocenters. The Labute approximate surface area is 168 Å². The van der Waals surface area contributed by atoms with Crippen LogP contribution >= 0.6 is 67.9 Å². The van der Waals surface area contributed by atoms with Crippen LogP contribution in [0.25, 0.3) is 20.7 Å². The molecule has 0 N–H and O–H groups in total. The Hall–Kier alpha value is 0.894. The highest BCUT2D eigenvalue weighted by Gasteiger charge is 2.28. The summed E-state index contributed by atoms with van der Waals surface area (Å²) in [5, 5.41) is 0. The first kappa shape index (κ1) is 17.7. The zero-order chi connectivity index (χ0) is 16.4. The molecule has 0 saturated heterocycles. The molecule has 0 unspecified atom stereocenters. The minimum absolute atomic E-state index is 1.12. The maximum absolute atomic E-state index is 5.00. The van der Waals surface area contributed by atoms with Crippen molar-refractivity contribution in [3.63, 3.8) is 0 Å². The first-order chi connectivity index (χ1) is 10.00. The molecule has 22 heavy (non-hydrogen) atoms. The summed E-state index contributed by atoms with van der Waals surface area (Å²) in [6.45, 7) is 14.4. The number of hydrogen-bond donors (Lipinski definition) is 0. The van der Waals surface area contributed by atoms with Gasteiger partial charge in [-0.2, -0.15) is 0 Å². The molecule has 3 aromatic heterocycles. The molecule has 0 radical (unpaired) electrons. The van der Waals surface area contributed by atoms with Crippen molar-refractivity contribution in [1.29, 1.82) is 0 Å². The zero-order valence-corrected chi connectivity index (χ0v) is 21.4. The summed E-state index contributed by atoms with van der Waals surface area (Å²) in [6.07, 6.45) is 0. The topological polar surface area (TPSA) is 25.8 Å². The van der Waals surface area contributed by atoms with Crippen LogP contribution in [0.5, 0.6) is 0 Å². The fraction of sp³-hybridized carbons (Fsp3) is 0.429. The van der Waals surface area contributed by atoms with E-state index in [1.807, 2.05) is 22.7 Å². The van der Waals surface area contributed by atoms with E-state index < -0.39 is 16.1 Å². The quantitative estimate of drug-likeness (QED) is 0.304. The van der Waals surface area contributed by atoms with Crippen molar-refractivity contribution in [2.24, 2.45) is 0 Å². The van der Waals surface area contributed by atoms with Crippen LogP contribution in [0.4, 0.5) is 0 Å². The Balaban J connectivity index is 2.34. The number of thiophene rings is 2. The van der Waals surface area contributed by atoms with Crippen LogP contribution in [0.15, 0.2) is 0 Å². The summed E-state index contributed by atoms with van der Waals surface area (Å²) < 4.78 is 5.73. The van der Waals surface area contributed by atoms with Crippen molar-refractivity contribution in [1.82, 2.24) is 9.97 Å². The lowest BCUT2D eigenvalue weighted by molar-refractivity contribution is 1.45. The summed E-state index contributed by atoms with van der Waals surface area (Å²) >= 11 is 8.68. The van der Waals surface area contributed by atoms with E-state index in [0.717, 1.165) is 20.7 Å². The molecule has 3 heterocycles. The minimum atomic E-state index is -1.33. The highest BCUT2D eigenvalue weighted by molar-refractivity contribution is 14.1. The third-order valence-corrected chi connectivity index (χ3v) is 16.5. The SMILES string of the molecule is C[Si](C)(C)c1sc2nc3c(I)c([Si](C)(C)C)sc3nc2c1I. The molecule has 0 spiro atoms. The van der Waals surface area contributed by atoms with Crippen molar-refractivity contribution in [2.75, 3.05) is 0 Å². The molecule has 3 aromatic rings. The number of nitrogens with zero attached hydrogens (tertiary/aromatic N) is 2. The second-order valence-corrected chi connectivity index (χ2v) is 22.4. The number of hydrogen-bond acceptors (Lipinski definition) is 4. The molecule has 3 rings (SSSR count). The Morgan fingerprint density at radius 2 is 1.00 bits per heavy atom. The Morgan fingerprint density at radius 3 is 1.27 bits per heavy atom. The lowest BCUT2D eigenvalue weighted by Gasteiger charge is -2.13. The van der Waals surface area contributed by atoms with Gasteiger partial charge in [0.1, 0.15) is 20.7 Å². The first-order valence-electron chi connectivity index (χ1n) is 7.09. The van der Waals surface area contributed by atoms with Crippen molar-refractivity contribution in [2.45, 2.75) is 39.3 Å². The lowest BCUT2D eigenvalue weighted by Crippen LogP contribution is -2.37. The number of rotatable bonds is 2. The van der Waals surface area contributed by atoms with Crippen LogP contribution in [-0.2, 0) is 0 Å². The van der Waals surface area contributed by atoms with Crippen molar-refractivity contribution in [3.05, 3.63) is 7.14 Å². The van der Waals surface area contributed by atoms with Gasteiger partial charge in [0, 0.05) is 9.00 Å². The molecular formula is C14H18I2N2S2Si2. The molecule has 0 aromatic carbocycles. The lowest BCUT2D eigenvalue weighted by atomic mass is 10.5. The predicted octanol–water partition coefficient (Wildman–Crippen LogP) is 5.21. The van der Waals surface area contributed by atoms with E-state index >= 15 is 0 Å². The van der Waals surface area contributed by atoms with E-state index in [-0.39, 0.29) is 0 Å². The zero-order valence-electron chi connectivity index (χ0n) is 13.5. The summed E-state index contributed by atoms with van der Waals surface area (Å²) in [6, 6.07) is 0. The van der Waals surface area contributed by atoms with E-state index in [1.165, 1.54) is 16.1 Å². The fourth-order valence-electron chi connectivity index (χ4n) is 2.30. The molecule has 0 saturated carbocycles. The molecule has 0 amide bonds. The van der Waals surface area contributed by atoms with Crippen LogP contribution in [0.2, 0.25) is 39.3 Å². The number of halogens is 2. The van der Waals surface area contributed by atoms with Gasteiger partial charge >= 0.3 is 0 Å². The monoisotopic (exact) mass is 588 g/mol. The van der Waals surface area contributed by atoms with Gasteiger partial charge in [0.2, 0.25) is 0 Å². The van der Waals surface area contributed by atoms with Crippen molar-refractivity contribution < 1.29 is 0 Å². The van der Waals surface area contributed by atoms with Crippen LogP contribution in [0.1, 0.15) is 0 Å². The summed E-state index contributed by atoms with van der Waals surface area (Å²) in [5.74, 6) is 0. The maximum Gasteiger partial charge on any atom is 0.143 e. The van der Waals surface area contributed by atoms with Gasteiger partial charge in [-0.1, -0.05) is 39.3 Å². The van der Waals surface area contributed by atoms with Crippen LogP contribution < -0.4 is 9.00 Å². The molecule has 0 aliphatic rings. The summed E-state index contributed by atoms with van der Waals surface area (Å²) in [7, 11) is -2.66. The van der Waals surface area contributed by atoms with E-state index in [1.54, 1.807) is 0 Å². The molecule has 118 valence electrons. The second-order valence-electron chi connectivity index (χ2n) is 7.52. The van der Waals surface area contributed by atoms with Gasteiger partial charge in [-0.05, 0) is 45.2 Å². The van der Waals surface area contributed by atoms with E-state index in [9.17, 15) is 0 Å². The van der Waals surface area contributed by atoms with Gasteiger partial charge in [-0.3, -0.25) is 0 Å². The number of aromatic nitrogens is 2. The smallest absolute Gasteiger partial charge is 0.143 e. The van der Waals surface area contributed by atoms with Crippen molar-refractivity contribution >= 4 is 114 Å². The van der Waals surface area contributed by atoms with Gasteiger partial charge in [-0.15, -0.1) is 22.7 Å². The predicted molar refractivity (Wildman–Crippen MR) is 124 cm³/mol. The molecule has 8 heteroatoms. The summed E-state index contributed by atoms with van der Waals surface area (Å²) in [5.41, 5.74) is 2.24. The second kappa shape index (κ2) is 5.72. The highest BCUT2D eigenvalue weighted by Crippen LogP contribution is 2.32. The van der Waals surface area contributed by atoms with Gasteiger partial charge in [-0.25, -0.2) is 9.97 Å². The van der Waals surface area contributed by atoms with Gasteiger partial charge < -0.3 is 0 Å². The molecular weight excluding hydrogens is 570 g/mol. The highest BCUT2D eigenvalue weighted by atomic mass is 127. The van der Waals surface area contributed by atoms with Gasteiger partial charge in [0.05, 0.1) is 23.3 Å². The van der Waals surface area contributed by atoms with Gasteiger partial charge in [0.25, 0.3) is 0 Å². The third kappa shape index (κ3) is 2.96. The summed E-state index contributed by atoms with van der Waals surface area (Å²) in [4.78, 5) is 12.2. The standard InChI is InChI=1S/C14H18I2N2S2Si2/c1-21(2,3)13-7(15)9-11(19-13)18-10-8(16)14(22(4,5)6)20-12(10)17-9/h1-6H3. The number of fused-ring (bicyclic) bond motifs is 2. The minimum Gasteiger partial charge on any atom is -0.232 e. The molecule has 0 fully saturated rings. The molecule has 0 aliphatic heterocycles. The maximum atomic E-state index is 5.00. The Morgan fingerprint density at radius 1 is 0.682 bits per heavy atom. The normalized spacial score (nSPS) is 13.5. The van der Waals surface area contributed by atoms with Crippen molar-refractivity contribution in [3.8, 4) is 0 Å². The van der Waals surface area contributed by atoms with E-state index in [4.69, 9.17) is 9.97 Å². The Kier molecular flexibility index (Phi) is 4.60. The molecule has 0 bridgehead atoms. The van der Waals surface area contributed by atoms with Crippen LogP contribution in [-0.4, -0.2) is 26.1 Å². The van der Waals surface area contributed by atoms with Crippen LogP contribution in [0.3, 0.4) is 0 Å². The van der Waals surface area contributed by atoms with E-state index in [0.29, 0.717) is 0 Å². The largest absolute Gasteiger partial charge is 0.232 e. The fourth-order valence-corrected chi connectivity index (χ4v) is 15.0. The average Bonchev–Trinajstić information content (AvgIpc) is 2.86. The molecule has 0 aliphatic carbocycles. The molecule has 2 nitrogen and oxygen atoms in total. The van der Waals surface area contributed by atoms with Crippen LogP contribution in [0, 0.1) is 7.14 Å². The van der Waals surface area contributed by atoms with E-state index in [2.05, 4.69) is 84.5 Å². The average molecular weight is 588 g/mol. The first-order valence-corrected chi connectivity index (χ1v) is 17.9.